The van der Waals surface area contributed by atoms with Gasteiger partial charge in [-0.25, -0.2) is 9.13 Å². The predicted molar refractivity (Wildman–Crippen MR) is 211 cm³/mol. The number of rotatable bonds is 31. The van der Waals surface area contributed by atoms with E-state index >= 15 is 0 Å². The molecule has 0 aliphatic rings. The number of aromatic nitrogens is 2. The molecule has 0 aromatic carbocycles. The van der Waals surface area contributed by atoms with E-state index < -0.39 is 0 Å². The fraction of sp³-hybridized carbons (Fsp3) is 0.783. The van der Waals surface area contributed by atoms with Gasteiger partial charge in [-0.2, -0.15) is 0 Å². The molecule has 2 rings (SSSR count). The second-order valence-corrected chi connectivity index (χ2v) is 15.6. The van der Waals surface area contributed by atoms with E-state index in [-0.39, 0.29) is 0 Å². The molecule has 0 amide bonds. The fourth-order valence-corrected chi connectivity index (χ4v) is 7.92. The van der Waals surface area contributed by atoms with Crippen LogP contribution >= 0.6 is 0 Å². The minimum Gasteiger partial charge on any atom is -0.200 e. The lowest BCUT2D eigenvalue weighted by Crippen LogP contribution is -2.44. The van der Waals surface area contributed by atoms with Crippen molar-refractivity contribution < 1.29 is 9.13 Å². The number of hydrogen-bond acceptors (Lipinski definition) is 0. The molecule has 0 unspecified atom stereocenters. The minimum absolute atomic E-state index is 1.15. The summed E-state index contributed by atoms with van der Waals surface area (Å²) < 4.78 is 5.29. The Morgan fingerprint density at radius 1 is 0.333 bits per heavy atom. The number of unbranched alkanes of at least 4 members (excludes halogenated alkanes) is 23. The molecule has 0 radical (unpaired) electrons. The summed E-state index contributed by atoms with van der Waals surface area (Å²) in [4.78, 5) is 0. The first-order chi connectivity index (χ1) is 23.5. The molecule has 0 bridgehead atoms. The van der Waals surface area contributed by atoms with Crippen molar-refractivity contribution in [2.75, 3.05) is 0 Å². The number of pyridine rings is 2. The summed E-state index contributed by atoms with van der Waals surface area (Å²) in [5, 5.41) is 0. The van der Waals surface area contributed by atoms with Gasteiger partial charge in [0.1, 0.15) is 13.1 Å². The van der Waals surface area contributed by atoms with Gasteiger partial charge in [0, 0.05) is 63.8 Å². The Bertz CT molecular complexity index is 985. The summed E-state index contributed by atoms with van der Waals surface area (Å²) in [5.74, 6) is 0. The lowest BCUT2D eigenvalue weighted by atomic mass is 10.0. The lowest BCUT2D eigenvalue weighted by molar-refractivity contribution is -0.720. The van der Waals surface area contributed by atoms with Crippen LogP contribution < -0.4 is 9.13 Å². The molecule has 0 spiro atoms. The van der Waals surface area contributed by atoms with Crippen molar-refractivity contribution in [3.63, 3.8) is 0 Å². The van der Waals surface area contributed by atoms with Crippen LogP contribution in [0, 0.1) is 27.7 Å². The van der Waals surface area contributed by atoms with Crippen molar-refractivity contribution in [1.82, 2.24) is 0 Å². The van der Waals surface area contributed by atoms with Gasteiger partial charge in [0.25, 0.3) is 0 Å². The fourth-order valence-electron chi connectivity index (χ4n) is 7.92. The summed E-state index contributed by atoms with van der Waals surface area (Å²) in [7, 11) is 0. The van der Waals surface area contributed by atoms with Crippen molar-refractivity contribution in [2.45, 2.75) is 234 Å². The molecule has 0 fully saturated rings. The predicted octanol–water partition coefficient (Wildman–Crippen LogP) is 13.5. The Morgan fingerprint density at radius 2 is 0.604 bits per heavy atom. The average Bonchev–Trinajstić information content (AvgIpc) is 3.05. The highest BCUT2D eigenvalue weighted by Gasteiger charge is 2.18. The van der Waals surface area contributed by atoms with Gasteiger partial charge in [-0.15, -0.1) is 0 Å². The first kappa shape index (κ1) is 42.5. The van der Waals surface area contributed by atoms with E-state index in [0.29, 0.717) is 0 Å². The molecule has 2 aromatic rings. The molecule has 0 saturated heterocycles. The molecule has 0 atom stereocenters. The van der Waals surface area contributed by atoms with Crippen molar-refractivity contribution in [1.29, 1.82) is 0 Å². The third-order valence-corrected chi connectivity index (χ3v) is 10.8. The van der Waals surface area contributed by atoms with E-state index in [4.69, 9.17) is 0 Å². The summed E-state index contributed by atoms with van der Waals surface area (Å²) in [5.41, 5.74) is 8.85. The molecule has 48 heavy (non-hydrogen) atoms. The monoisotopic (exact) mass is 663 g/mol. The van der Waals surface area contributed by atoms with Gasteiger partial charge in [-0.05, 0) is 37.8 Å². The van der Waals surface area contributed by atoms with Crippen LogP contribution in [0.4, 0.5) is 0 Å². The van der Waals surface area contributed by atoms with Gasteiger partial charge in [0.05, 0.1) is 0 Å². The quantitative estimate of drug-likeness (QED) is 0.0561. The van der Waals surface area contributed by atoms with E-state index in [1.54, 1.807) is 11.4 Å². The van der Waals surface area contributed by atoms with Crippen LogP contribution in [-0.4, -0.2) is 0 Å². The van der Waals surface area contributed by atoms with Crippen LogP contribution in [0.5, 0.6) is 0 Å². The smallest absolute Gasteiger partial charge is 0.181 e. The Hall–Kier alpha value is -1.70. The maximum atomic E-state index is 2.64. The zero-order valence-corrected chi connectivity index (χ0v) is 33.4. The molecule has 0 saturated carbocycles. The molecular formula is C46H82N2+2. The molecule has 274 valence electrons. The zero-order chi connectivity index (χ0) is 34.7. The van der Waals surface area contributed by atoms with Crippen molar-refractivity contribution >= 4 is 0 Å². The molecular weight excluding hydrogens is 581 g/mol. The topological polar surface area (TPSA) is 7.76 Å². The summed E-state index contributed by atoms with van der Waals surface area (Å²) in [6.07, 6.45) is 39.0. The van der Waals surface area contributed by atoms with Crippen LogP contribution in [0.2, 0.25) is 0 Å². The van der Waals surface area contributed by atoms with Crippen molar-refractivity contribution in [2.24, 2.45) is 0 Å². The van der Waals surface area contributed by atoms with E-state index in [0.717, 1.165) is 13.1 Å². The molecule has 0 aliphatic carbocycles. The van der Waals surface area contributed by atoms with Crippen molar-refractivity contribution in [3.05, 3.63) is 58.2 Å². The first-order valence-corrected chi connectivity index (χ1v) is 21.5. The number of aryl methyl sites for hydroxylation is 6. The second-order valence-electron chi connectivity index (χ2n) is 15.6. The minimum atomic E-state index is 1.15. The van der Waals surface area contributed by atoms with E-state index in [9.17, 15) is 0 Å². The van der Waals surface area contributed by atoms with Gasteiger partial charge in [-0.1, -0.05) is 155 Å². The number of nitrogens with zero attached hydrogens (tertiary/aromatic N) is 2. The SMILES string of the molecule is CCCCCCCCCCCCCCc1cc(C)cc(C)[n+]1CCCC[n+]1c(C)cc(C)cc1CCCCCCCCCCCCCC. The van der Waals surface area contributed by atoms with Gasteiger partial charge in [-0.3, -0.25) is 0 Å². The highest BCUT2D eigenvalue weighted by molar-refractivity contribution is 5.15. The molecule has 2 aromatic heterocycles. The second kappa shape index (κ2) is 28.0. The van der Waals surface area contributed by atoms with Crippen molar-refractivity contribution in [3.8, 4) is 0 Å². The van der Waals surface area contributed by atoms with Crippen LogP contribution in [0.3, 0.4) is 0 Å². The third kappa shape index (κ3) is 19.5. The Kier molecular flexibility index (Phi) is 24.8. The van der Waals surface area contributed by atoms with E-state index in [1.165, 1.54) is 202 Å². The van der Waals surface area contributed by atoms with Crippen LogP contribution in [0.1, 0.15) is 215 Å². The van der Waals surface area contributed by atoms with Gasteiger partial charge < -0.3 is 0 Å². The zero-order valence-electron chi connectivity index (χ0n) is 33.4. The Morgan fingerprint density at radius 3 is 0.896 bits per heavy atom. The van der Waals surface area contributed by atoms with E-state index in [1.807, 2.05) is 0 Å². The molecule has 0 aliphatic heterocycles. The highest BCUT2D eigenvalue weighted by atomic mass is 15.0. The van der Waals surface area contributed by atoms with Gasteiger partial charge in [0.2, 0.25) is 0 Å². The maximum Gasteiger partial charge on any atom is 0.181 e. The normalized spacial score (nSPS) is 11.5. The molecule has 2 nitrogen and oxygen atoms in total. The average molecular weight is 663 g/mol. The maximum absolute atomic E-state index is 2.64. The van der Waals surface area contributed by atoms with Crippen LogP contribution in [0.25, 0.3) is 0 Å². The third-order valence-electron chi connectivity index (χ3n) is 10.8. The Labute approximate surface area is 300 Å². The lowest BCUT2D eigenvalue weighted by Gasteiger charge is -2.10. The molecule has 2 heterocycles. The summed E-state index contributed by atoms with van der Waals surface area (Å²) in [6, 6.07) is 9.71. The molecule has 0 N–H and O–H groups in total. The van der Waals surface area contributed by atoms with Gasteiger partial charge in [0.15, 0.2) is 22.8 Å². The van der Waals surface area contributed by atoms with Gasteiger partial charge >= 0.3 is 0 Å². The number of hydrogen-bond donors (Lipinski definition) is 0. The summed E-state index contributed by atoms with van der Waals surface area (Å²) in [6.45, 7) is 16.1. The highest BCUT2D eigenvalue weighted by Crippen LogP contribution is 2.16. The first-order valence-electron chi connectivity index (χ1n) is 21.5. The summed E-state index contributed by atoms with van der Waals surface area (Å²) >= 11 is 0. The Balaban J connectivity index is 1.70. The van der Waals surface area contributed by atoms with Crippen LogP contribution in [0.15, 0.2) is 24.3 Å². The molecule has 2 heteroatoms. The largest absolute Gasteiger partial charge is 0.200 e. The van der Waals surface area contributed by atoms with Crippen LogP contribution in [-0.2, 0) is 25.9 Å². The van der Waals surface area contributed by atoms with E-state index in [2.05, 4.69) is 74.9 Å². The standard InChI is InChI=1S/C46H82N2/c1-7-9-11-13-15-17-19-21-23-25-27-29-33-45-39-41(3)37-43(5)47(45)35-31-32-36-48-44(6)38-42(4)40-46(48)34-30-28-26-24-22-20-18-16-14-12-10-8-2/h37-40H,7-36H2,1-6H3/q+2.